The van der Waals surface area contributed by atoms with E-state index in [0.717, 1.165) is 18.2 Å². The molecule has 0 aromatic heterocycles. The summed E-state index contributed by atoms with van der Waals surface area (Å²) in [6.45, 7) is 6.16. The normalized spacial score (nSPS) is 30.9. The molecule has 2 heterocycles. The molecule has 2 bridgehead atoms. The van der Waals surface area contributed by atoms with Crippen molar-refractivity contribution in [2.75, 3.05) is 13.1 Å². The molecule has 2 rings (SSSR count). The van der Waals surface area contributed by atoms with Gasteiger partial charge in [0, 0.05) is 19.1 Å². The van der Waals surface area contributed by atoms with Crippen LogP contribution in [0, 0.1) is 0 Å². The maximum Gasteiger partial charge on any atom is 0.169 e. The average Bonchev–Trinajstić information content (AvgIpc) is 2.44. The number of ether oxygens (including phenoxy) is 1. The quantitative estimate of drug-likeness (QED) is 0.661. The molecule has 80 valence electrons. The smallest absolute Gasteiger partial charge is 0.169 e. The zero-order valence-corrected chi connectivity index (χ0v) is 9.64. The molecular weight excluding hydrogens is 196 g/mol. The van der Waals surface area contributed by atoms with Crippen molar-refractivity contribution in [2.45, 2.75) is 44.9 Å². The minimum atomic E-state index is 0.417. The van der Waals surface area contributed by atoms with Crippen molar-refractivity contribution in [3.63, 3.8) is 0 Å². The number of morpholine rings is 1. The Labute approximate surface area is 90.8 Å². The van der Waals surface area contributed by atoms with Crippen molar-refractivity contribution in [1.29, 1.82) is 0 Å². The van der Waals surface area contributed by atoms with Crippen molar-refractivity contribution >= 4 is 17.3 Å². The number of thiocarbonyl (C=S) groups is 1. The Morgan fingerprint density at radius 2 is 1.93 bits per heavy atom. The highest BCUT2D eigenvalue weighted by Gasteiger charge is 2.34. The second-order valence-corrected chi connectivity index (χ2v) is 4.85. The Hall–Kier alpha value is -0.350. The number of nitrogens with one attached hydrogen (secondary N) is 1. The second kappa shape index (κ2) is 4.03. The monoisotopic (exact) mass is 214 g/mol. The highest BCUT2D eigenvalue weighted by Crippen LogP contribution is 2.26. The number of hydrogen-bond donors (Lipinski definition) is 1. The minimum absolute atomic E-state index is 0.417. The predicted octanol–water partition coefficient (Wildman–Crippen LogP) is 1.13. The van der Waals surface area contributed by atoms with E-state index in [2.05, 4.69) is 24.1 Å². The Morgan fingerprint density at radius 3 is 2.43 bits per heavy atom. The summed E-state index contributed by atoms with van der Waals surface area (Å²) in [6, 6.07) is 0.419. The largest absolute Gasteiger partial charge is 0.371 e. The lowest BCUT2D eigenvalue weighted by Gasteiger charge is -2.34. The van der Waals surface area contributed by atoms with E-state index in [-0.39, 0.29) is 0 Å². The standard InChI is InChI=1S/C10H18N2OS/c1-7(2)11-10(14)12-5-8-3-4-9(6-12)13-8/h7-9H,3-6H2,1-2H3,(H,11,14). The Kier molecular flexibility index (Phi) is 2.93. The van der Waals surface area contributed by atoms with Crippen LogP contribution in [0.25, 0.3) is 0 Å². The van der Waals surface area contributed by atoms with Crippen molar-refractivity contribution < 1.29 is 4.74 Å². The van der Waals surface area contributed by atoms with Crippen LogP contribution in [-0.4, -0.2) is 41.4 Å². The molecular formula is C10H18N2OS. The third-order valence-electron chi connectivity index (χ3n) is 2.74. The van der Waals surface area contributed by atoms with Crippen LogP contribution in [0.4, 0.5) is 0 Å². The summed E-state index contributed by atoms with van der Waals surface area (Å²) < 4.78 is 5.75. The summed E-state index contributed by atoms with van der Waals surface area (Å²) in [7, 11) is 0. The number of likely N-dealkylation sites (tertiary alicyclic amines) is 1. The summed E-state index contributed by atoms with van der Waals surface area (Å²) in [5.74, 6) is 0. The molecule has 0 aliphatic carbocycles. The number of hydrogen-bond acceptors (Lipinski definition) is 2. The molecule has 0 spiro atoms. The topological polar surface area (TPSA) is 24.5 Å². The van der Waals surface area contributed by atoms with Crippen LogP contribution >= 0.6 is 12.2 Å². The molecule has 0 aromatic carbocycles. The molecule has 2 aliphatic heterocycles. The molecule has 2 saturated heterocycles. The van der Waals surface area contributed by atoms with Crippen molar-refractivity contribution in [1.82, 2.24) is 10.2 Å². The molecule has 2 unspecified atom stereocenters. The molecule has 2 fully saturated rings. The fraction of sp³-hybridized carbons (Fsp3) is 0.900. The first-order valence-corrected chi connectivity index (χ1v) is 5.77. The Bertz CT molecular complexity index is 220. The molecule has 3 nitrogen and oxygen atoms in total. The first kappa shape index (κ1) is 10.2. The van der Waals surface area contributed by atoms with E-state index in [9.17, 15) is 0 Å². The molecule has 0 aromatic rings. The Balaban J connectivity index is 1.89. The van der Waals surface area contributed by atoms with Gasteiger partial charge in [0.25, 0.3) is 0 Å². The number of rotatable bonds is 1. The minimum Gasteiger partial charge on any atom is -0.371 e. The highest BCUT2D eigenvalue weighted by atomic mass is 32.1. The summed E-state index contributed by atoms with van der Waals surface area (Å²) in [6.07, 6.45) is 3.23. The van der Waals surface area contributed by atoms with E-state index in [1.807, 2.05) is 0 Å². The van der Waals surface area contributed by atoms with Crippen molar-refractivity contribution in [2.24, 2.45) is 0 Å². The summed E-state index contributed by atoms with van der Waals surface area (Å²) in [5, 5.41) is 4.17. The van der Waals surface area contributed by atoms with Gasteiger partial charge in [0.1, 0.15) is 0 Å². The van der Waals surface area contributed by atoms with Crippen LogP contribution in [-0.2, 0) is 4.74 Å². The van der Waals surface area contributed by atoms with Crippen LogP contribution in [0.1, 0.15) is 26.7 Å². The van der Waals surface area contributed by atoms with Crippen LogP contribution in [0.15, 0.2) is 0 Å². The maximum absolute atomic E-state index is 5.75. The van der Waals surface area contributed by atoms with E-state index in [0.29, 0.717) is 18.2 Å². The van der Waals surface area contributed by atoms with E-state index in [1.54, 1.807) is 0 Å². The van der Waals surface area contributed by atoms with Gasteiger partial charge in [-0.25, -0.2) is 0 Å². The van der Waals surface area contributed by atoms with Gasteiger partial charge in [-0.05, 0) is 38.9 Å². The van der Waals surface area contributed by atoms with Gasteiger partial charge in [0.05, 0.1) is 12.2 Å². The van der Waals surface area contributed by atoms with Crippen LogP contribution < -0.4 is 5.32 Å². The molecule has 1 N–H and O–H groups in total. The van der Waals surface area contributed by atoms with Crippen LogP contribution in [0.2, 0.25) is 0 Å². The van der Waals surface area contributed by atoms with Gasteiger partial charge in [-0.1, -0.05) is 0 Å². The predicted molar refractivity (Wildman–Crippen MR) is 60.3 cm³/mol. The summed E-state index contributed by atoms with van der Waals surface area (Å²) in [5.41, 5.74) is 0. The van der Waals surface area contributed by atoms with Gasteiger partial charge in [-0.2, -0.15) is 0 Å². The molecule has 2 atom stereocenters. The van der Waals surface area contributed by atoms with Crippen LogP contribution in [0.3, 0.4) is 0 Å². The summed E-state index contributed by atoms with van der Waals surface area (Å²) in [4.78, 5) is 2.25. The molecule has 0 saturated carbocycles. The maximum atomic E-state index is 5.75. The first-order chi connectivity index (χ1) is 6.65. The van der Waals surface area contributed by atoms with E-state index in [1.165, 1.54) is 12.8 Å². The zero-order chi connectivity index (χ0) is 10.1. The fourth-order valence-corrected chi connectivity index (χ4v) is 2.50. The van der Waals surface area contributed by atoms with E-state index in [4.69, 9.17) is 17.0 Å². The van der Waals surface area contributed by atoms with Crippen LogP contribution in [0.5, 0.6) is 0 Å². The Morgan fingerprint density at radius 1 is 1.36 bits per heavy atom. The molecule has 0 radical (unpaired) electrons. The first-order valence-electron chi connectivity index (χ1n) is 5.36. The number of nitrogens with zero attached hydrogens (tertiary/aromatic N) is 1. The van der Waals surface area contributed by atoms with Gasteiger partial charge in [-0.15, -0.1) is 0 Å². The van der Waals surface area contributed by atoms with Crippen molar-refractivity contribution in [3.05, 3.63) is 0 Å². The SMILES string of the molecule is CC(C)NC(=S)N1CC2CCC(C1)O2. The van der Waals surface area contributed by atoms with Gasteiger partial charge in [-0.3, -0.25) is 0 Å². The van der Waals surface area contributed by atoms with Gasteiger partial charge >= 0.3 is 0 Å². The fourth-order valence-electron chi connectivity index (χ4n) is 2.12. The highest BCUT2D eigenvalue weighted by molar-refractivity contribution is 7.80. The van der Waals surface area contributed by atoms with E-state index >= 15 is 0 Å². The van der Waals surface area contributed by atoms with E-state index < -0.39 is 0 Å². The van der Waals surface area contributed by atoms with Gasteiger partial charge < -0.3 is 15.0 Å². The third kappa shape index (κ3) is 2.17. The second-order valence-electron chi connectivity index (χ2n) is 4.47. The molecule has 4 heteroatoms. The number of fused-ring (bicyclic) bond motifs is 2. The molecule has 0 amide bonds. The lowest BCUT2D eigenvalue weighted by atomic mass is 10.2. The zero-order valence-electron chi connectivity index (χ0n) is 8.82. The summed E-state index contributed by atoms with van der Waals surface area (Å²) >= 11 is 5.34. The lowest BCUT2D eigenvalue weighted by molar-refractivity contribution is -0.0160. The lowest BCUT2D eigenvalue weighted by Crippen LogP contribution is -2.51. The average molecular weight is 214 g/mol. The molecule has 2 aliphatic rings. The van der Waals surface area contributed by atoms with Crippen molar-refractivity contribution in [3.8, 4) is 0 Å². The molecule has 14 heavy (non-hydrogen) atoms. The third-order valence-corrected chi connectivity index (χ3v) is 3.12. The van der Waals surface area contributed by atoms with Gasteiger partial charge in [0.2, 0.25) is 0 Å². The van der Waals surface area contributed by atoms with Gasteiger partial charge in [0.15, 0.2) is 5.11 Å².